The van der Waals surface area contributed by atoms with E-state index in [0.717, 1.165) is 43.3 Å². The molecule has 5 nitrogen and oxygen atoms in total. The standard InChI is InChI=1S/C30H46N2O3/c1-29-15-14-22(32-19-23-8-4-5-16-31-23)17-21(29)10-12-24-25-13-11-20(7-6-9-28(34)35-3)30(25,2)27(33)18-26(24)29/h4-5,8,16,20-22,24-27,32-33H,6-7,9-15,17-19H2,1-3H3. The van der Waals surface area contributed by atoms with E-state index >= 15 is 0 Å². The molecule has 1 aromatic rings. The first-order valence-corrected chi connectivity index (χ1v) is 14.2. The number of aromatic nitrogens is 1. The Labute approximate surface area is 211 Å². The molecule has 5 rings (SSSR count). The third-order valence-corrected chi connectivity index (χ3v) is 11.4. The number of methoxy groups -OCH3 is 1. The van der Waals surface area contributed by atoms with Crippen molar-refractivity contribution in [1.82, 2.24) is 10.3 Å². The van der Waals surface area contributed by atoms with Crippen molar-refractivity contribution in [3.63, 3.8) is 0 Å². The molecule has 1 heterocycles. The van der Waals surface area contributed by atoms with Crippen LogP contribution in [0.2, 0.25) is 0 Å². The van der Waals surface area contributed by atoms with E-state index in [1.807, 2.05) is 12.3 Å². The van der Waals surface area contributed by atoms with Crippen molar-refractivity contribution in [2.75, 3.05) is 7.11 Å². The summed E-state index contributed by atoms with van der Waals surface area (Å²) >= 11 is 0. The van der Waals surface area contributed by atoms with Crippen LogP contribution >= 0.6 is 0 Å². The number of fused-ring (bicyclic) bond motifs is 5. The van der Waals surface area contributed by atoms with Gasteiger partial charge in [-0.25, -0.2) is 0 Å². The maximum atomic E-state index is 11.7. The third-order valence-electron chi connectivity index (χ3n) is 11.4. The van der Waals surface area contributed by atoms with Crippen molar-refractivity contribution in [3.05, 3.63) is 30.1 Å². The van der Waals surface area contributed by atoms with Gasteiger partial charge < -0.3 is 15.2 Å². The molecule has 4 aliphatic rings. The quantitative estimate of drug-likeness (QED) is 0.501. The summed E-state index contributed by atoms with van der Waals surface area (Å²) in [6.07, 6.45) is 14.0. The second-order valence-electron chi connectivity index (χ2n) is 12.7. The van der Waals surface area contributed by atoms with Gasteiger partial charge in [-0.1, -0.05) is 19.9 Å². The number of pyridine rings is 1. The lowest BCUT2D eigenvalue weighted by atomic mass is 9.44. The van der Waals surface area contributed by atoms with Crippen LogP contribution in [0.15, 0.2) is 24.4 Å². The lowest BCUT2D eigenvalue weighted by molar-refractivity contribution is -0.166. The Balaban J connectivity index is 1.23. The fourth-order valence-electron chi connectivity index (χ4n) is 9.35. The number of carbonyl (C=O) groups excluding carboxylic acids is 1. The van der Waals surface area contributed by atoms with E-state index in [1.165, 1.54) is 52.1 Å². The van der Waals surface area contributed by atoms with Crippen molar-refractivity contribution in [2.24, 2.45) is 40.4 Å². The summed E-state index contributed by atoms with van der Waals surface area (Å²) in [5.74, 6) is 3.23. The first kappa shape index (κ1) is 25.2. The molecule has 2 N–H and O–H groups in total. The zero-order chi connectivity index (χ0) is 24.6. The van der Waals surface area contributed by atoms with Gasteiger partial charge in [0.25, 0.3) is 0 Å². The molecule has 0 aliphatic heterocycles. The molecule has 0 saturated heterocycles. The zero-order valence-corrected chi connectivity index (χ0v) is 22.0. The summed E-state index contributed by atoms with van der Waals surface area (Å²) in [5.41, 5.74) is 1.50. The molecule has 194 valence electrons. The van der Waals surface area contributed by atoms with E-state index in [9.17, 15) is 9.90 Å². The molecule has 9 atom stereocenters. The minimum absolute atomic E-state index is 0.0158. The Bertz CT molecular complexity index is 878. The van der Waals surface area contributed by atoms with Gasteiger partial charge in [0.1, 0.15) is 0 Å². The SMILES string of the molecule is COC(=O)CCCC1CCC2C3CCC4CC(NCc5ccccn5)CCC4(C)C3CC(O)C12C. The first-order chi connectivity index (χ1) is 16.9. The van der Waals surface area contributed by atoms with Crippen molar-refractivity contribution in [3.8, 4) is 0 Å². The number of aliphatic hydroxyl groups is 1. The van der Waals surface area contributed by atoms with Gasteiger partial charge in [0.15, 0.2) is 0 Å². The summed E-state index contributed by atoms with van der Waals surface area (Å²) in [4.78, 5) is 16.1. The minimum Gasteiger partial charge on any atom is -0.469 e. The molecule has 0 bridgehead atoms. The number of hydrogen-bond acceptors (Lipinski definition) is 5. The summed E-state index contributed by atoms with van der Waals surface area (Å²) < 4.78 is 4.85. The molecule has 0 radical (unpaired) electrons. The van der Waals surface area contributed by atoms with E-state index in [-0.39, 0.29) is 17.5 Å². The molecule has 9 unspecified atom stereocenters. The number of rotatable bonds is 7. The molecule has 0 amide bonds. The van der Waals surface area contributed by atoms with Crippen molar-refractivity contribution < 1.29 is 14.6 Å². The van der Waals surface area contributed by atoms with E-state index in [2.05, 4.69) is 36.3 Å². The van der Waals surface area contributed by atoms with Crippen molar-refractivity contribution >= 4 is 5.97 Å². The number of hydrogen-bond donors (Lipinski definition) is 2. The number of ether oxygens (including phenoxy) is 1. The fraction of sp³-hybridized carbons (Fsp3) is 0.800. The lowest BCUT2D eigenvalue weighted by Gasteiger charge is -2.62. The number of carbonyl (C=O) groups is 1. The number of nitrogens with one attached hydrogen (secondary N) is 1. The molecule has 35 heavy (non-hydrogen) atoms. The molecule has 5 heteroatoms. The molecule has 4 aliphatic carbocycles. The van der Waals surface area contributed by atoms with Gasteiger partial charge in [-0.05, 0) is 117 Å². The second kappa shape index (κ2) is 10.1. The summed E-state index contributed by atoms with van der Waals surface area (Å²) in [5, 5.41) is 15.5. The first-order valence-electron chi connectivity index (χ1n) is 14.2. The van der Waals surface area contributed by atoms with Crippen LogP contribution in [0.1, 0.15) is 90.2 Å². The average Bonchev–Trinajstić information content (AvgIpc) is 3.21. The third kappa shape index (κ3) is 4.56. The highest BCUT2D eigenvalue weighted by molar-refractivity contribution is 5.68. The largest absolute Gasteiger partial charge is 0.469 e. The van der Waals surface area contributed by atoms with Crippen LogP contribution in [-0.2, 0) is 16.1 Å². The van der Waals surface area contributed by atoms with Crippen molar-refractivity contribution in [2.45, 2.75) is 103 Å². The van der Waals surface area contributed by atoms with Crippen LogP contribution < -0.4 is 5.32 Å². The van der Waals surface area contributed by atoms with Gasteiger partial charge in [-0.3, -0.25) is 9.78 Å². The van der Waals surface area contributed by atoms with Gasteiger partial charge in [0.2, 0.25) is 0 Å². The van der Waals surface area contributed by atoms with Crippen LogP contribution in [0.4, 0.5) is 0 Å². The van der Waals surface area contributed by atoms with Gasteiger partial charge in [-0.15, -0.1) is 0 Å². The molecule has 0 spiro atoms. The van der Waals surface area contributed by atoms with Crippen LogP contribution in [0.5, 0.6) is 0 Å². The summed E-state index contributed by atoms with van der Waals surface area (Å²) in [6.45, 7) is 5.82. The molecular weight excluding hydrogens is 436 g/mol. The predicted molar refractivity (Wildman–Crippen MR) is 137 cm³/mol. The fourth-order valence-corrected chi connectivity index (χ4v) is 9.35. The molecule has 4 saturated carbocycles. The van der Waals surface area contributed by atoms with Crippen LogP contribution in [0, 0.1) is 40.4 Å². The van der Waals surface area contributed by atoms with Crippen LogP contribution in [-0.4, -0.2) is 35.3 Å². The van der Waals surface area contributed by atoms with Gasteiger partial charge in [0.05, 0.1) is 18.9 Å². The Kier molecular flexibility index (Phi) is 7.29. The second-order valence-corrected chi connectivity index (χ2v) is 12.7. The lowest BCUT2D eigenvalue weighted by Crippen LogP contribution is -2.59. The average molecular weight is 483 g/mol. The highest BCUT2D eigenvalue weighted by Crippen LogP contribution is 2.67. The van der Waals surface area contributed by atoms with Gasteiger partial charge >= 0.3 is 5.97 Å². The molecular formula is C30H46N2O3. The van der Waals surface area contributed by atoms with Crippen LogP contribution in [0.25, 0.3) is 0 Å². The van der Waals surface area contributed by atoms with E-state index < -0.39 is 0 Å². The predicted octanol–water partition coefficient (Wildman–Crippen LogP) is 5.51. The summed E-state index contributed by atoms with van der Waals surface area (Å²) in [6, 6.07) is 6.73. The smallest absolute Gasteiger partial charge is 0.305 e. The highest BCUT2D eigenvalue weighted by atomic mass is 16.5. The topological polar surface area (TPSA) is 71.5 Å². The molecule has 1 aromatic heterocycles. The van der Waals surface area contributed by atoms with Crippen molar-refractivity contribution in [1.29, 1.82) is 0 Å². The van der Waals surface area contributed by atoms with Crippen LogP contribution in [0.3, 0.4) is 0 Å². The Morgan fingerprint density at radius 3 is 2.77 bits per heavy atom. The number of aliphatic hydroxyl groups excluding tert-OH is 1. The minimum atomic E-state index is -0.213. The Morgan fingerprint density at radius 1 is 1.14 bits per heavy atom. The van der Waals surface area contributed by atoms with Gasteiger partial charge in [-0.2, -0.15) is 0 Å². The Morgan fingerprint density at radius 2 is 2.00 bits per heavy atom. The maximum Gasteiger partial charge on any atom is 0.305 e. The summed E-state index contributed by atoms with van der Waals surface area (Å²) in [7, 11) is 1.47. The Hall–Kier alpha value is -1.46. The molecule has 0 aromatic carbocycles. The highest BCUT2D eigenvalue weighted by Gasteiger charge is 2.63. The molecule has 4 fully saturated rings. The van der Waals surface area contributed by atoms with E-state index in [1.54, 1.807) is 0 Å². The van der Waals surface area contributed by atoms with Gasteiger partial charge in [0, 0.05) is 25.2 Å². The normalized spacial score (nSPS) is 42.6. The van der Waals surface area contributed by atoms with E-state index in [0.29, 0.717) is 35.6 Å². The monoisotopic (exact) mass is 482 g/mol. The maximum absolute atomic E-state index is 11.7. The zero-order valence-electron chi connectivity index (χ0n) is 22.0. The number of esters is 1. The van der Waals surface area contributed by atoms with E-state index in [4.69, 9.17) is 4.74 Å². The number of nitrogens with zero attached hydrogens (tertiary/aromatic N) is 1.